The molecule has 1 atom stereocenters. The fourth-order valence-corrected chi connectivity index (χ4v) is 4.43. The van der Waals surface area contributed by atoms with Gasteiger partial charge in [0, 0.05) is 13.0 Å². The number of morpholine rings is 1. The van der Waals surface area contributed by atoms with Gasteiger partial charge in [-0.05, 0) is 46.2 Å². The molecule has 0 aliphatic carbocycles. The lowest BCUT2D eigenvalue weighted by Crippen LogP contribution is -2.52. The zero-order chi connectivity index (χ0) is 23.5. The normalized spacial score (nSPS) is 18.9. The van der Waals surface area contributed by atoms with Gasteiger partial charge in [-0.2, -0.15) is 0 Å². The van der Waals surface area contributed by atoms with Gasteiger partial charge in [0.25, 0.3) is 0 Å². The number of aldehydes is 1. The number of amides is 1. The third kappa shape index (κ3) is 5.54. The van der Waals surface area contributed by atoms with E-state index in [2.05, 4.69) is 45.9 Å². The van der Waals surface area contributed by atoms with E-state index >= 15 is 0 Å². The van der Waals surface area contributed by atoms with Crippen molar-refractivity contribution < 1.29 is 14.3 Å². The summed E-state index contributed by atoms with van der Waals surface area (Å²) in [5.74, 6) is 0.806. The Kier molecular flexibility index (Phi) is 8.02. The molecule has 1 unspecified atom stereocenters. The monoisotopic (exact) mass is 475 g/mol. The van der Waals surface area contributed by atoms with Crippen LogP contribution in [0.4, 0.5) is 0 Å². The first kappa shape index (κ1) is 24.8. The van der Waals surface area contributed by atoms with Crippen LogP contribution in [-0.4, -0.2) is 36.8 Å². The van der Waals surface area contributed by atoms with Gasteiger partial charge < -0.3 is 14.4 Å². The molecule has 172 valence electrons. The molecule has 4 nitrogen and oxygen atoms in total. The van der Waals surface area contributed by atoms with Crippen molar-refractivity contribution in [1.29, 1.82) is 0 Å². The summed E-state index contributed by atoms with van der Waals surface area (Å²) in [5.41, 5.74) is 3.33. The van der Waals surface area contributed by atoms with Gasteiger partial charge >= 0.3 is 0 Å². The fraction of sp³-hybridized carbons (Fsp3) is 0.462. The first-order valence-electron chi connectivity index (χ1n) is 11.1. The number of hydrogen-bond donors (Lipinski definition) is 0. The maximum atomic E-state index is 13.3. The zero-order valence-electron chi connectivity index (χ0n) is 19.2. The molecule has 1 heterocycles. The van der Waals surface area contributed by atoms with Crippen molar-refractivity contribution in [1.82, 2.24) is 4.90 Å². The predicted octanol–water partition coefficient (Wildman–Crippen LogP) is 6.13. The molecule has 1 aliphatic heterocycles. The van der Waals surface area contributed by atoms with Gasteiger partial charge in [0.1, 0.15) is 11.9 Å². The van der Waals surface area contributed by atoms with Gasteiger partial charge in [-0.3, -0.25) is 4.79 Å². The lowest BCUT2D eigenvalue weighted by Gasteiger charge is -2.42. The van der Waals surface area contributed by atoms with E-state index in [0.717, 1.165) is 17.4 Å². The van der Waals surface area contributed by atoms with Crippen LogP contribution in [0.25, 0.3) is 0 Å². The standard InChI is InChI=1S/C26H31Cl2NO3/c1-17(2)20-11-19(12-21(14-20)18(3)4)13-25(31)29-8-10-32-26(16-29,7-9-30)22-5-6-23(27)24(28)15-22/h5-6,9,11-12,14-15,17-18H,7-8,10,13,16H2,1-4H3. The molecule has 0 bridgehead atoms. The van der Waals surface area contributed by atoms with E-state index in [1.165, 1.54) is 11.1 Å². The summed E-state index contributed by atoms with van der Waals surface area (Å²) >= 11 is 12.3. The number of halogens is 2. The number of rotatable bonds is 7. The average Bonchev–Trinajstić information content (AvgIpc) is 2.75. The number of nitrogens with zero attached hydrogens (tertiary/aromatic N) is 1. The van der Waals surface area contributed by atoms with Crippen LogP contribution in [0, 0.1) is 0 Å². The van der Waals surface area contributed by atoms with E-state index in [0.29, 0.717) is 48.0 Å². The molecular formula is C26H31Cl2NO3. The predicted molar refractivity (Wildman–Crippen MR) is 130 cm³/mol. The van der Waals surface area contributed by atoms with Crippen molar-refractivity contribution in [3.63, 3.8) is 0 Å². The Morgan fingerprint density at radius 2 is 1.72 bits per heavy atom. The minimum absolute atomic E-state index is 0.0271. The lowest BCUT2D eigenvalue weighted by molar-refractivity contribution is -0.155. The quantitative estimate of drug-likeness (QED) is 0.452. The summed E-state index contributed by atoms with van der Waals surface area (Å²) < 4.78 is 6.09. The topological polar surface area (TPSA) is 46.6 Å². The Labute approximate surface area is 200 Å². The summed E-state index contributed by atoms with van der Waals surface area (Å²) in [5, 5.41) is 0.833. The highest BCUT2D eigenvalue weighted by Gasteiger charge is 2.40. The second kappa shape index (κ2) is 10.4. The van der Waals surface area contributed by atoms with Crippen LogP contribution in [0.15, 0.2) is 36.4 Å². The summed E-state index contributed by atoms with van der Waals surface area (Å²) in [6.45, 7) is 9.79. The largest absolute Gasteiger partial charge is 0.366 e. The van der Waals surface area contributed by atoms with Crippen LogP contribution in [0.5, 0.6) is 0 Å². The van der Waals surface area contributed by atoms with Crippen molar-refractivity contribution in [2.45, 2.75) is 58.0 Å². The maximum absolute atomic E-state index is 13.3. The van der Waals surface area contributed by atoms with Crippen LogP contribution >= 0.6 is 23.2 Å². The van der Waals surface area contributed by atoms with Gasteiger partial charge in [0.2, 0.25) is 5.91 Å². The van der Waals surface area contributed by atoms with Crippen molar-refractivity contribution in [2.75, 3.05) is 19.7 Å². The third-order valence-corrected chi connectivity index (χ3v) is 6.86. The van der Waals surface area contributed by atoms with E-state index in [4.69, 9.17) is 27.9 Å². The number of carbonyl (C=O) groups is 2. The Bertz CT molecular complexity index is 963. The van der Waals surface area contributed by atoms with Gasteiger partial charge in [-0.1, -0.05) is 75.2 Å². The van der Waals surface area contributed by atoms with Crippen molar-refractivity contribution >= 4 is 35.4 Å². The summed E-state index contributed by atoms with van der Waals surface area (Å²) in [4.78, 5) is 26.6. The smallest absolute Gasteiger partial charge is 0.227 e. The van der Waals surface area contributed by atoms with Gasteiger partial charge in [0.15, 0.2) is 0 Å². The van der Waals surface area contributed by atoms with Crippen LogP contribution in [0.1, 0.15) is 68.2 Å². The first-order valence-corrected chi connectivity index (χ1v) is 11.9. The molecule has 32 heavy (non-hydrogen) atoms. The van der Waals surface area contributed by atoms with E-state index < -0.39 is 5.60 Å². The second-order valence-electron chi connectivity index (χ2n) is 9.15. The zero-order valence-corrected chi connectivity index (χ0v) is 20.7. The molecule has 0 radical (unpaired) electrons. The number of hydrogen-bond acceptors (Lipinski definition) is 3. The minimum Gasteiger partial charge on any atom is -0.366 e. The second-order valence-corrected chi connectivity index (χ2v) is 9.97. The first-order chi connectivity index (χ1) is 15.1. The molecule has 6 heteroatoms. The van der Waals surface area contributed by atoms with Gasteiger partial charge in [-0.15, -0.1) is 0 Å². The Morgan fingerprint density at radius 3 is 2.28 bits per heavy atom. The molecular weight excluding hydrogens is 445 g/mol. The van der Waals surface area contributed by atoms with Crippen molar-refractivity contribution in [3.8, 4) is 0 Å². The number of ether oxygens (including phenoxy) is 1. The number of carbonyl (C=O) groups excluding carboxylic acids is 2. The fourth-order valence-electron chi connectivity index (χ4n) is 4.13. The summed E-state index contributed by atoms with van der Waals surface area (Å²) in [6, 6.07) is 11.7. The minimum atomic E-state index is -0.924. The van der Waals surface area contributed by atoms with Crippen molar-refractivity contribution in [3.05, 3.63) is 68.7 Å². The molecule has 0 aromatic heterocycles. The van der Waals surface area contributed by atoms with Gasteiger partial charge in [0.05, 0.1) is 29.6 Å². The maximum Gasteiger partial charge on any atom is 0.227 e. The van der Waals surface area contributed by atoms with Crippen molar-refractivity contribution in [2.24, 2.45) is 0 Å². The molecule has 0 spiro atoms. The number of benzene rings is 2. The molecule has 1 fully saturated rings. The molecule has 2 aromatic rings. The third-order valence-electron chi connectivity index (χ3n) is 6.12. The SMILES string of the molecule is CC(C)c1cc(CC(=O)N2CCOC(CC=O)(c3ccc(Cl)c(Cl)c3)C2)cc(C(C)C)c1. The van der Waals surface area contributed by atoms with Crippen LogP contribution in [0.3, 0.4) is 0 Å². The highest BCUT2D eigenvalue weighted by atomic mass is 35.5. The van der Waals surface area contributed by atoms with E-state index in [1.54, 1.807) is 17.0 Å². The lowest BCUT2D eigenvalue weighted by atomic mass is 9.88. The van der Waals surface area contributed by atoms with Crippen LogP contribution in [0.2, 0.25) is 10.0 Å². The molecule has 2 aromatic carbocycles. The molecule has 1 aliphatic rings. The molecule has 3 rings (SSSR count). The van der Waals surface area contributed by atoms with E-state index in [9.17, 15) is 9.59 Å². The summed E-state index contributed by atoms with van der Waals surface area (Å²) in [7, 11) is 0. The van der Waals surface area contributed by atoms with Crippen LogP contribution in [-0.2, 0) is 26.3 Å². The Morgan fingerprint density at radius 1 is 1.06 bits per heavy atom. The average molecular weight is 476 g/mol. The Hall–Kier alpha value is -1.88. The highest BCUT2D eigenvalue weighted by molar-refractivity contribution is 6.42. The molecule has 1 amide bonds. The Balaban J connectivity index is 1.86. The summed E-state index contributed by atoms with van der Waals surface area (Å²) in [6.07, 6.45) is 1.28. The van der Waals surface area contributed by atoms with E-state index in [-0.39, 0.29) is 12.3 Å². The molecule has 0 saturated carbocycles. The molecule has 0 N–H and O–H groups in total. The van der Waals surface area contributed by atoms with E-state index in [1.807, 2.05) is 6.07 Å². The molecule has 1 saturated heterocycles. The van der Waals surface area contributed by atoms with Gasteiger partial charge in [-0.25, -0.2) is 0 Å². The van der Waals surface area contributed by atoms with Crippen LogP contribution < -0.4 is 0 Å². The highest BCUT2D eigenvalue weighted by Crippen LogP contribution is 2.36.